The van der Waals surface area contributed by atoms with E-state index in [1.165, 1.54) is 46.6 Å². The molecule has 0 spiro atoms. The fraction of sp³-hybridized carbons (Fsp3) is 0.500. The van der Waals surface area contributed by atoms with E-state index in [9.17, 15) is 5.11 Å². The monoisotopic (exact) mass is 368 g/mol. The van der Waals surface area contributed by atoms with Gasteiger partial charge >= 0.3 is 0 Å². The second kappa shape index (κ2) is 7.71. The average molecular weight is 369 g/mol. The smallest absolute Gasteiger partial charge is 0.0611 e. The Kier molecular flexibility index (Phi) is 5.35. The van der Waals surface area contributed by atoms with Crippen LogP contribution in [-0.4, -0.2) is 28.0 Å². The van der Waals surface area contributed by atoms with Gasteiger partial charge < -0.3 is 10.8 Å². The number of nitrogens with zero attached hydrogens (tertiary/aromatic N) is 1. The maximum atomic E-state index is 9.51. The second-order valence-corrected chi connectivity index (χ2v) is 9.19. The maximum Gasteiger partial charge on any atom is 0.0611 e. The molecule has 2 aliphatic carbocycles. The summed E-state index contributed by atoms with van der Waals surface area (Å²) < 4.78 is 0. The fourth-order valence-corrected chi connectivity index (χ4v) is 5.50. The number of fused-ring (bicyclic) bond motifs is 1. The number of nitrogens with two attached hydrogens (primary N) is 1. The highest BCUT2D eigenvalue weighted by molar-refractivity contribution is 7.99. The molecule has 4 rings (SSSR count). The number of hydrogen-bond donors (Lipinski definition) is 2. The van der Waals surface area contributed by atoms with Gasteiger partial charge in [-0.3, -0.25) is 4.98 Å². The van der Waals surface area contributed by atoms with Crippen LogP contribution in [0.3, 0.4) is 0 Å². The van der Waals surface area contributed by atoms with Gasteiger partial charge in [0, 0.05) is 28.6 Å². The van der Waals surface area contributed by atoms with Crippen LogP contribution in [0.2, 0.25) is 0 Å². The Bertz CT molecular complexity index is 751. The summed E-state index contributed by atoms with van der Waals surface area (Å²) in [6.45, 7) is 0.102. The van der Waals surface area contributed by atoms with Gasteiger partial charge in [0.1, 0.15) is 0 Å². The molecule has 0 bridgehead atoms. The number of benzene rings is 1. The Hall–Kier alpha value is -1.36. The zero-order chi connectivity index (χ0) is 18.0. The minimum Gasteiger partial charge on any atom is -0.394 e. The summed E-state index contributed by atoms with van der Waals surface area (Å²) in [6, 6.07) is 11.2. The van der Waals surface area contributed by atoms with Crippen molar-refractivity contribution in [1.82, 2.24) is 4.98 Å². The van der Waals surface area contributed by atoms with Crippen LogP contribution in [0.1, 0.15) is 48.3 Å². The van der Waals surface area contributed by atoms with Crippen LogP contribution >= 0.6 is 11.8 Å². The van der Waals surface area contributed by atoms with Gasteiger partial charge in [0.15, 0.2) is 0 Å². The van der Waals surface area contributed by atoms with Gasteiger partial charge in [-0.2, -0.15) is 0 Å². The summed E-state index contributed by atoms with van der Waals surface area (Å²) in [5.41, 5.74) is 10.4. The van der Waals surface area contributed by atoms with Gasteiger partial charge in [-0.1, -0.05) is 18.2 Å². The molecular formula is C22H28N2OS. The molecule has 2 aromatic rings. The topological polar surface area (TPSA) is 59.1 Å². The summed E-state index contributed by atoms with van der Waals surface area (Å²) in [7, 11) is 0. The number of thioether (sulfide) groups is 1. The van der Waals surface area contributed by atoms with Crippen molar-refractivity contribution in [2.24, 2.45) is 11.7 Å². The third-order valence-electron chi connectivity index (χ3n) is 6.11. The first-order valence-corrected chi connectivity index (χ1v) is 10.7. The molecule has 0 aliphatic heterocycles. The standard InChI is InChI=1S/C22H28N2OS/c23-22(15-25)8-7-20(12-22)19-6-5-17-10-16(3-4-18(17)11-19)14-26-21-2-1-9-24-13-21/h1-2,5-6,9,11,13,16,20,25H,3-4,7-8,10,12,14-15,23H2/t16-,20+,22-/m1/s1. The van der Waals surface area contributed by atoms with E-state index in [0.717, 1.165) is 25.2 Å². The van der Waals surface area contributed by atoms with Crippen LogP contribution < -0.4 is 5.73 Å². The van der Waals surface area contributed by atoms with Crippen LogP contribution in [0.4, 0.5) is 0 Å². The number of aromatic nitrogens is 1. The third kappa shape index (κ3) is 3.98. The molecule has 26 heavy (non-hydrogen) atoms. The first kappa shape index (κ1) is 18.0. The Labute approximate surface area is 160 Å². The van der Waals surface area contributed by atoms with Gasteiger partial charge in [-0.25, -0.2) is 0 Å². The molecule has 3 atom stereocenters. The van der Waals surface area contributed by atoms with E-state index in [4.69, 9.17) is 5.73 Å². The van der Waals surface area contributed by atoms with E-state index < -0.39 is 0 Å². The summed E-state index contributed by atoms with van der Waals surface area (Å²) in [6.07, 6.45) is 10.4. The van der Waals surface area contributed by atoms with Crippen molar-refractivity contribution in [2.75, 3.05) is 12.4 Å². The molecule has 138 valence electrons. The Morgan fingerprint density at radius 3 is 2.92 bits per heavy atom. The average Bonchev–Trinajstić information content (AvgIpc) is 3.09. The predicted octanol–water partition coefficient (Wildman–Crippen LogP) is 3.94. The van der Waals surface area contributed by atoms with Crippen molar-refractivity contribution < 1.29 is 5.11 Å². The van der Waals surface area contributed by atoms with Crippen LogP contribution in [0.25, 0.3) is 0 Å². The normalized spacial score (nSPS) is 28.1. The maximum absolute atomic E-state index is 9.51. The van der Waals surface area contributed by atoms with Crippen molar-refractivity contribution in [3.8, 4) is 0 Å². The molecule has 0 radical (unpaired) electrons. The number of aryl methyl sites for hydroxylation is 1. The van der Waals surface area contributed by atoms with Crippen LogP contribution in [0, 0.1) is 5.92 Å². The lowest BCUT2D eigenvalue weighted by molar-refractivity contribution is 0.198. The third-order valence-corrected chi connectivity index (χ3v) is 7.32. The number of aliphatic hydroxyl groups excluding tert-OH is 1. The fourth-order valence-electron chi connectivity index (χ4n) is 4.48. The first-order chi connectivity index (χ1) is 12.6. The van der Waals surface area contributed by atoms with E-state index >= 15 is 0 Å². The lowest BCUT2D eigenvalue weighted by Gasteiger charge is -2.26. The molecule has 1 fully saturated rings. The molecule has 0 amide bonds. The van der Waals surface area contributed by atoms with Gasteiger partial charge in [-0.15, -0.1) is 11.8 Å². The number of pyridine rings is 1. The molecule has 1 heterocycles. The molecular weight excluding hydrogens is 340 g/mol. The van der Waals surface area contributed by atoms with Gasteiger partial charge in [0.2, 0.25) is 0 Å². The minimum absolute atomic E-state index is 0.102. The van der Waals surface area contributed by atoms with Gasteiger partial charge in [0.25, 0.3) is 0 Å². The Morgan fingerprint density at radius 2 is 2.15 bits per heavy atom. The number of hydrogen-bond acceptors (Lipinski definition) is 4. The molecule has 0 unspecified atom stereocenters. The SMILES string of the molecule is N[C@]1(CO)CC[C@H](c2ccc3c(c2)CC[C@@H](CSc2cccnc2)C3)C1. The largest absolute Gasteiger partial charge is 0.394 e. The summed E-state index contributed by atoms with van der Waals surface area (Å²) >= 11 is 1.93. The highest BCUT2D eigenvalue weighted by atomic mass is 32.2. The zero-order valence-electron chi connectivity index (χ0n) is 15.2. The minimum atomic E-state index is -0.366. The van der Waals surface area contributed by atoms with Crippen LogP contribution in [-0.2, 0) is 12.8 Å². The van der Waals surface area contributed by atoms with Crippen molar-refractivity contribution in [3.05, 3.63) is 59.4 Å². The molecule has 4 heteroatoms. The highest BCUT2D eigenvalue weighted by Crippen LogP contribution is 2.41. The molecule has 1 saturated carbocycles. The van der Waals surface area contributed by atoms with Gasteiger partial charge in [0.05, 0.1) is 6.61 Å². The van der Waals surface area contributed by atoms with Gasteiger partial charge in [-0.05, 0) is 79.2 Å². The first-order valence-electron chi connectivity index (χ1n) is 9.69. The van der Waals surface area contributed by atoms with E-state index in [1.807, 2.05) is 30.2 Å². The molecule has 1 aromatic heterocycles. The quantitative estimate of drug-likeness (QED) is 0.785. The lowest BCUT2D eigenvalue weighted by atomic mass is 9.82. The zero-order valence-corrected chi connectivity index (χ0v) is 16.0. The van der Waals surface area contributed by atoms with Crippen LogP contribution in [0.15, 0.2) is 47.6 Å². The second-order valence-electron chi connectivity index (χ2n) is 8.10. The van der Waals surface area contributed by atoms with Crippen molar-refractivity contribution in [3.63, 3.8) is 0 Å². The Balaban J connectivity index is 1.38. The summed E-state index contributed by atoms with van der Waals surface area (Å²) in [5.74, 6) is 2.43. The van der Waals surface area contributed by atoms with E-state index in [1.54, 1.807) is 0 Å². The lowest BCUT2D eigenvalue weighted by Crippen LogP contribution is -2.40. The molecule has 3 N–H and O–H groups in total. The van der Waals surface area contributed by atoms with Crippen molar-refractivity contribution >= 4 is 11.8 Å². The highest BCUT2D eigenvalue weighted by Gasteiger charge is 2.36. The summed E-state index contributed by atoms with van der Waals surface area (Å²) in [4.78, 5) is 5.47. The van der Waals surface area contributed by atoms with E-state index in [2.05, 4.69) is 29.2 Å². The van der Waals surface area contributed by atoms with E-state index in [-0.39, 0.29) is 12.1 Å². The van der Waals surface area contributed by atoms with Crippen molar-refractivity contribution in [1.29, 1.82) is 0 Å². The number of rotatable bonds is 5. The number of aliphatic hydroxyl groups is 1. The van der Waals surface area contributed by atoms with Crippen molar-refractivity contribution in [2.45, 2.75) is 54.9 Å². The summed E-state index contributed by atoms with van der Waals surface area (Å²) in [5, 5.41) is 9.51. The molecule has 0 saturated heterocycles. The predicted molar refractivity (Wildman–Crippen MR) is 108 cm³/mol. The Morgan fingerprint density at radius 1 is 1.23 bits per heavy atom. The van der Waals surface area contributed by atoms with E-state index in [0.29, 0.717) is 5.92 Å². The van der Waals surface area contributed by atoms with Crippen LogP contribution in [0.5, 0.6) is 0 Å². The molecule has 1 aromatic carbocycles. The molecule has 2 aliphatic rings. The molecule has 3 nitrogen and oxygen atoms in total.